The van der Waals surface area contributed by atoms with Gasteiger partial charge in [-0.3, -0.25) is 4.79 Å². The van der Waals surface area contributed by atoms with Crippen LogP contribution in [0, 0.1) is 5.82 Å². The normalized spacial score (nSPS) is 10.2. The summed E-state index contributed by atoms with van der Waals surface area (Å²) in [6.45, 7) is 0.176. The van der Waals surface area contributed by atoms with Crippen LogP contribution in [-0.2, 0) is 6.61 Å². The minimum Gasteiger partial charge on any atom is -0.493 e. The molecular weight excluding hydrogens is 327 g/mol. The Hall–Kier alpha value is -1.88. The van der Waals surface area contributed by atoms with Gasteiger partial charge in [-0.1, -0.05) is 15.9 Å². The number of carbonyl (C=O) groups is 1. The lowest BCUT2D eigenvalue weighted by Crippen LogP contribution is -1.99. The number of methoxy groups -OCH3 is 1. The topological polar surface area (TPSA) is 35.5 Å². The van der Waals surface area contributed by atoms with Crippen molar-refractivity contribution in [1.82, 2.24) is 0 Å². The van der Waals surface area contributed by atoms with Crippen LogP contribution in [-0.4, -0.2) is 13.4 Å². The lowest BCUT2D eigenvalue weighted by Gasteiger charge is -2.11. The fourth-order valence-electron chi connectivity index (χ4n) is 1.73. The molecular formula is C15H12BrFO3. The maximum atomic E-state index is 13.3. The Morgan fingerprint density at radius 1 is 1.20 bits per heavy atom. The van der Waals surface area contributed by atoms with Crippen LogP contribution < -0.4 is 9.47 Å². The zero-order valence-corrected chi connectivity index (χ0v) is 12.3. The zero-order chi connectivity index (χ0) is 14.5. The van der Waals surface area contributed by atoms with Crippen LogP contribution in [0.25, 0.3) is 0 Å². The third kappa shape index (κ3) is 3.57. The molecule has 0 saturated heterocycles. The van der Waals surface area contributed by atoms with Gasteiger partial charge in [-0.2, -0.15) is 0 Å². The zero-order valence-electron chi connectivity index (χ0n) is 10.7. The lowest BCUT2D eigenvalue weighted by molar-refractivity contribution is 0.112. The van der Waals surface area contributed by atoms with Crippen LogP contribution in [0.1, 0.15) is 15.9 Å². The van der Waals surface area contributed by atoms with Crippen molar-refractivity contribution in [3.05, 3.63) is 57.8 Å². The molecule has 0 unspecified atom stereocenters. The minimum absolute atomic E-state index is 0.176. The van der Waals surface area contributed by atoms with E-state index in [0.29, 0.717) is 27.1 Å². The number of ether oxygens (including phenoxy) is 2. The van der Waals surface area contributed by atoms with E-state index in [9.17, 15) is 9.18 Å². The first-order valence-electron chi connectivity index (χ1n) is 5.83. The Balaban J connectivity index is 2.19. The van der Waals surface area contributed by atoms with Gasteiger partial charge in [0.2, 0.25) is 0 Å². The molecule has 0 heterocycles. The molecule has 0 atom stereocenters. The van der Waals surface area contributed by atoms with Crippen molar-refractivity contribution in [3.63, 3.8) is 0 Å². The van der Waals surface area contributed by atoms with Gasteiger partial charge in [0.15, 0.2) is 11.5 Å². The quantitative estimate of drug-likeness (QED) is 0.773. The predicted octanol–water partition coefficient (Wildman–Crippen LogP) is 3.99. The van der Waals surface area contributed by atoms with Crippen molar-refractivity contribution in [1.29, 1.82) is 0 Å². The number of benzene rings is 2. The summed E-state index contributed by atoms with van der Waals surface area (Å²) in [5.74, 6) is 0.620. The van der Waals surface area contributed by atoms with E-state index in [-0.39, 0.29) is 12.4 Å². The van der Waals surface area contributed by atoms with E-state index in [1.54, 1.807) is 24.3 Å². The summed E-state index contributed by atoms with van der Waals surface area (Å²) >= 11 is 3.22. The molecule has 5 heteroatoms. The first-order chi connectivity index (χ1) is 9.62. The molecule has 2 rings (SSSR count). The molecule has 0 saturated carbocycles. The standard InChI is InChI=1S/C15H12BrFO3/c1-19-14-3-2-10(8-18)6-15(14)20-9-11-4-12(16)7-13(17)5-11/h2-8H,9H2,1H3. The number of hydrogen-bond acceptors (Lipinski definition) is 3. The Bertz CT molecular complexity index is 608. The summed E-state index contributed by atoms with van der Waals surface area (Å²) < 4.78 is 24.7. The highest BCUT2D eigenvalue weighted by Gasteiger charge is 2.07. The van der Waals surface area contributed by atoms with Crippen LogP contribution in [0.2, 0.25) is 0 Å². The summed E-state index contributed by atoms with van der Waals surface area (Å²) in [6, 6.07) is 9.40. The molecule has 0 N–H and O–H groups in total. The molecule has 3 nitrogen and oxygen atoms in total. The summed E-state index contributed by atoms with van der Waals surface area (Å²) in [6.07, 6.45) is 0.727. The highest BCUT2D eigenvalue weighted by Crippen LogP contribution is 2.28. The Morgan fingerprint density at radius 2 is 2.00 bits per heavy atom. The van der Waals surface area contributed by atoms with Gasteiger partial charge >= 0.3 is 0 Å². The monoisotopic (exact) mass is 338 g/mol. The summed E-state index contributed by atoms with van der Waals surface area (Å²) in [5, 5.41) is 0. The van der Waals surface area contributed by atoms with Crippen LogP contribution >= 0.6 is 15.9 Å². The van der Waals surface area contributed by atoms with Gasteiger partial charge < -0.3 is 9.47 Å². The maximum absolute atomic E-state index is 13.3. The summed E-state index contributed by atoms with van der Waals surface area (Å²) in [4.78, 5) is 10.8. The Labute approximate surface area is 124 Å². The molecule has 0 bridgehead atoms. The van der Waals surface area contributed by atoms with Gasteiger partial charge in [-0.25, -0.2) is 4.39 Å². The molecule has 0 spiro atoms. The molecule has 0 aliphatic rings. The molecule has 2 aromatic carbocycles. The molecule has 0 radical (unpaired) electrons. The average molecular weight is 339 g/mol. The van der Waals surface area contributed by atoms with Crippen LogP contribution in [0.4, 0.5) is 4.39 Å². The second-order valence-electron chi connectivity index (χ2n) is 4.09. The van der Waals surface area contributed by atoms with Gasteiger partial charge in [0.1, 0.15) is 18.7 Å². The first kappa shape index (κ1) is 14.5. The Kier molecular flexibility index (Phi) is 4.74. The lowest BCUT2D eigenvalue weighted by atomic mass is 10.2. The van der Waals surface area contributed by atoms with E-state index in [1.165, 1.54) is 19.2 Å². The maximum Gasteiger partial charge on any atom is 0.162 e. The molecule has 0 amide bonds. The molecule has 2 aromatic rings. The third-order valence-corrected chi connectivity index (χ3v) is 3.10. The van der Waals surface area contributed by atoms with E-state index in [2.05, 4.69) is 15.9 Å². The number of hydrogen-bond donors (Lipinski definition) is 0. The van der Waals surface area contributed by atoms with E-state index >= 15 is 0 Å². The van der Waals surface area contributed by atoms with Crippen molar-refractivity contribution in [2.24, 2.45) is 0 Å². The molecule has 20 heavy (non-hydrogen) atoms. The first-order valence-corrected chi connectivity index (χ1v) is 6.62. The Morgan fingerprint density at radius 3 is 2.65 bits per heavy atom. The van der Waals surface area contributed by atoms with Crippen molar-refractivity contribution >= 4 is 22.2 Å². The van der Waals surface area contributed by atoms with E-state index < -0.39 is 0 Å². The van der Waals surface area contributed by atoms with E-state index in [0.717, 1.165) is 6.29 Å². The fraction of sp³-hybridized carbons (Fsp3) is 0.133. The second-order valence-corrected chi connectivity index (χ2v) is 5.01. The third-order valence-electron chi connectivity index (χ3n) is 2.64. The molecule has 0 aliphatic carbocycles. The number of rotatable bonds is 5. The fourth-order valence-corrected chi connectivity index (χ4v) is 2.25. The molecule has 104 valence electrons. The minimum atomic E-state index is -0.341. The average Bonchev–Trinajstić information content (AvgIpc) is 2.43. The largest absolute Gasteiger partial charge is 0.493 e. The van der Waals surface area contributed by atoms with E-state index in [1.807, 2.05) is 0 Å². The van der Waals surface area contributed by atoms with Crippen LogP contribution in [0.5, 0.6) is 11.5 Å². The van der Waals surface area contributed by atoms with Crippen molar-refractivity contribution in [2.45, 2.75) is 6.61 Å². The smallest absolute Gasteiger partial charge is 0.162 e. The number of carbonyl (C=O) groups excluding carboxylic acids is 1. The predicted molar refractivity (Wildman–Crippen MR) is 76.8 cm³/mol. The van der Waals surface area contributed by atoms with Crippen LogP contribution in [0.3, 0.4) is 0 Å². The SMILES string of the molecule is COc1ccc(C=O)cc1OCc1cc(F)cc(Br)c1. The number of aldehydes is 1. The number of halogens is 2. The van der Waals surface area contributed by atoms with Gasteiger partial charge in [0.25, 0.3) is 0 Å². The molecule has 0 fully saturated rings. The summed E-state index contributed by atoms with van der Waals surface area (Å²) in [5.41, 5.74) is 1.16. The highest BCUT2D eigenvalue weighted by atomic mass is 79.9. The van der Waals surface area contributed by atoms with Crippen molar-refractivity contribution in [2.75, 3.05) is 7.11 Å². The van der Waals surface area contributed by atoms with Crippen LogP contribution in [0.15, 0.2) is 40.9 Å². The van der Waals surface area contributed by atoms with Gasteiger partial charge in [-0.15, -0.1) is 0 Å². The van der Waals surface area contributed by atoms with E-state index in [4.69, 9.17) is 9.47 Å². The van der Waals surface area contributed by atoms with Crippen molar-refractivity contribution < 1.29 is 18.7 Å². The van der Waals surface area contributed by atoms with Gasteiger partial charge in [0, 0.05) is 10.0 Å². The summed E-state index contributed by atoms with van der Waals surface area (Å²) in [7, 11) is 1.52. The van der Waals surface area contributed by atoms with Crippen molar-refractivity contribution in [3.8, 4) is 11.5 Å². The van der Waals surface area contributed by atoms with Gasteiger partial charge in [0.05, 0.1) is 7.11 Å². The van der Waals surface area contributed by atoms with Gasteiger partial charge in [-0.05, 0) is 42.0 Å². The second kappa shape index (κ2) is 6.52. The molecule has 0 aromatic heterocycles. The highest BCUT2D eigenvalue weighted by molar-refractivity contribution is 9.10. The molecule has 0 aliphatic heterocycles.